The molecule has 1 saturated heterocycles. The molecule has 2 N–H and O–H groups in total. The van der Waals surface area contributed by atoms with Gasteiger partial charge in [0.1, 0.15) is 0 Å². The van der Waals surface area contributed by atoms with E-state index in [9.17, 15) is 4.79 Å². The maximum absolute atomic E-state index is 10.7. The van der Waals surface area contributed by atoms with Crippen LogP contribution in [-0.4, -0.2) is 47.7 Å². The maximum atomic E-state index is 10.7. The van der Waals surface area contributed by atoms with E-state index in [2.05, 4.69) is 48.3 Å². The number of carboxylic acid groups (broad SMARTS) is 1. The average Bonchev–Trinajstić information content (AvgIpc) is 2.86. The first-order chi connectivity index (χ1) is 10.0. The minimum absolute atomic E-state index is 0.0445. The van der Waals surface area contributed by atoms with Gasteiger partial charge in [-0.1, -0.05) is 31.2 Å². The molecular formula is C17H26N2O2. The quantitative estimate of drug-likeness (QED) is 0.806. The zero-order chi connectivity index (χ0) is 15.3. The number of benzene rings is 1. The van der Waals surface area contributed by atoms with Gasteiger partial charge in [0.05, 0.1) is 6.54 Å². The average molecular weight is 290 g/mol. The number of carbonyl (C=O) groups is 1. The fourth-order valence-corrected chi connectivity index (χ4v) is 2.91. The smallest absolute Gasteiger partial charge is 0.317 e. The van der Waals surface area contributed by atoms with E-state index in [-0.39, 0.29) is 12.1 Å². The lowest BCUT2D eigenvalue weighted by Crippen LogP contribution is -2.47. The van der Waals surface area contributed by atoms with E-state index in [1.165, 1.54) is 11.1 Å². The normalized spacial score (nSPS) is 22.6. The predicted molar refractivity (Wildman–Crippen MR) is 84.6 cm³/mol. The first-order valence-electron chi connectivity index (χ1n) is 7.78. The highest BCUT2D eigenvalue weighted by atomic mass is 16.4. The highest BCUT2D eigenvalue weighted by molar-refractivity contribution is 5.69. The Hall–Kier alpha value is -1.39. The van der Waals surface area contributed by atoms with Gasteiger partial charge in [0.15, 0.2) is 0 Å². The number of aliphatic carboxylic acids is 1. The highest BCUT2D eigenvalue weighted by Crippen LogP contribution is 2.20. The Kier molecular flexibility index (Phi) is 5.37. The van der Waals surface area contributed by atoms with Crippen LogP contribution in [-0.2, 0) is 17.6 Å². The SMILES string of the molecule is CCc1ccc(CCN2CC[C@@](C)(NCC(=O)O)C2)cc1. The highest BCUT2D eigenvalue weighted by Gasteiger charge is 2.33. The number of carboxylic acids is 1. The van der Waals surface area contributed by atoms with Gasteiger partial charge in [-0.2, -0.15) is 0 Å². The molecule has 1 aliphatic heterocycles. The largest absolute Gasteiger partial charge is 0.480 e. The van der Waals surface area contributed by atoms with Crippen LogP contribution in [0, 0.1) is 0 Å². The van der Waals surface area contributed by atoms with Gasteiger partial charge in [-0.05, 0) is 37.3 Å². The van der Waals surface area contributed by atoms with Gasteiger partial charge in [0.2, 0.25) is 0 Å². The monoisotopic (exact) mass is 290 g/mol. The lowest BCUT2D eigenvalue weighted by atomic mass is 10.0. The number of rotatable bonds is 7. The number of nitrogens with zero attached hydrogens (tertiary/aromatic N) is 1. The Bertz CT molecular complexity index is 472. The first kappa shape index (κ1) is 16.0. The zero-order valence-electron chi connectivity index (χ0n) is 13.1. The molecule has 21 heavy (non-hydrogen) atoms. The number of hydrogen-bond donors (Lipinski definition) is 2. The van der Waals surface area contributed by atoms with E-state index in [0.29, 0.717) is 0 Å². The summed E-state index contributed by atoms with van der Waals surface area (Å²) in [7, 11) is 0. The lowest BCUT2D eigenvalue weighted by Gasteiger charge is -2.25. The molecular weight excluding hydrogens is 264 g/mol. The maximum Gasteiger partial charge on any atom is 0.317 e. The summed E-state index contributed by atoms with van der Waals surface area (Å²) in [5.41, 5.74) is 2.69. The van der Waals surface area contributed by atoms with Crippen molar-refractivity contribution in [1.82, 2.24) is 10.2 Å². The van der Waals surface area contributed by atoms with Gasteiger partial charge in [-0.25, -0.2) is 0 Å². The Balaban J connectivity index is 1.78. The molecule has 0 aliphatic carbocycles. The summed E-state index contributed by atoms with van der Waals surface area (Å²) in [4.78, 5) is 13.1. The molecule has 116 valence electrons. The number of nitrogens with one attached hydrogen (secondary N) is 1. The minimum atomic E-state index is -0.786. The summed E-state index contributed by atoms with van der Waals surface area (Å²) < 4.78 is 0. The molecule has 0 radical (unpaired) electrons. The molecule has 1 aliphatic rings. The number of likely N-dealkylation sites (tertiary alicyclic amines) is 1. The van der Waals surface area contributed by atoms with Crippen molar-refractivity contribution in [3.05, 3.63) is 35.4 Å². The van der Waals surface area contributed by atoms with Crippen molar-refractivity contribution in [2.75, 3.05) is 26.2 Å². The van der Waals surface area contributed by atoms with Crippen LogP contribution in [0.2, 0.25) is 0 Å². The van der Waals surface area contributed by atoms with Gasteiger partial charge in [0, 0.05) is 25.2 Å². The van der Waals surface area contributed by atoms with Crippen LogP contribution in [0.1, 0.15) is 31.4 Å². The molecule has 1 aromatic rings. The summed E-state index contributed by atoms with van der Waals surface area (Å²) in [5, 5.41) is 11.9. The topological polar surface area (TPSA) is 52.6 Å². The van der Waals surface area contributed by atoms with Crippen molar-refractivity contribution in [3.8, 4) is 0 Å². The second kappa shape index (κ2) is 7.05. The third kappa shape index (κ3) is 4.83. The van der Waals surface area contributed by atoms with Crippen LogP contribution in [0.15, 0.2) is 24.3 Å². The van der Waals surface area contributed by atoms with Crippen molar-refractivity contribution in [2.45, 2.75) is 38.6 Å². The Morgan fingerprint density at radius 2 is 2.00 bits per heavy atom. The predicted octanol–water partition coefficient (Wildman–Crippen LogP) is 1.93. The van der Waals surface area contributed by atoms with Crippen LogP contribution in [0.5, 0.6) is 0 Å². The van der Waals surface area contributed by atoms with Crippen LogP contribution < -0.4 is 5.32 Å². The molecule has 0 unspecified atom stereocenters. The second-order valence-corrected chi connectivity index (χ2v) is 6.25. The third-order valence-corrected chi connectivity index (χ3v) is 4.37. The second-order valence-electron chi connectivity index (χ2n) is 6.25. The van der Waals surface area contributed by atoms with Crippen LogP contribution in [0.3, 0.4) is 0 Å². The molecule has 1 aromatic carbocycles. The summed E-state index contributed by atoms with van der Waals surface area (Å²) in [6.07, 6.45) is 3.15. The van der Waals surface area contributed by atoms with E-state index >= 15 is 0 Å². The molecule has 0 spiro atoms. The van der Waals surface area contributed by atoms with Gasteiger partial charge in [-0.15, -0.1) is 0 Å². The Labute approximate surface area is 127 Å². The summed E-state index contributed by atoms with van der Waals surface area (Å²) in [5.74, 6) is -0.786. The summed E-state index contributed by atoms with van der Waals surface area (Å²) in [6.45, 7) is 7.33. The molecule has 0 bridgehead atoms. The molecule has 0 aromatic heterocycles. The summed E-state index contributed by atoms with van der Waals surface area (Å²) in [6, 6.07) is 8.85. The van der Waals surface area contributed by atoms with E-state index < -0.39 is 5.97 Å². The number of hydrogen-bond acceptors (Lipinski definition) is 3. The van der Waals surface area contributed by atoms with Crippen molar-refractivity contribution >= 4 is 5.97 Å². The zero-order valence-corrected chi connectivity index (χ0v) is 13.1. The van der Waals surface area contributed by atoms with Crippen LogP contribution in [0.25, 0.3) is 0 Å². The lowest BCUT2D eigenvalue weighted by molar-refractivity contribution is -0.136. The molecule has 1 heterocycles. The fourth-order valence-electron chi connectivity index (χ4n) is 2.91. The molecule has 0 amide bonds. The van der Waals surface area contributed by atoms with Crippen molar-refractivity contribution in [1.29, 1.82) is 0 Å². The molecule has 2 rings (SSSR count). The fraction of sp³-hybridized carbons (Fsp3) is 0.588. The van der Waals surface area contributed by atoms with Gasteiger partial charge < -0.3 is 15.3 Å². The molecule has 1 atom stereocenters. The Morgan fingerprint density at radius 3 is 2.62 bits per heavy atom. The van der Waals surface area contributed by atoms with Crippen molar-refractivity contribution in [3.63, 3.8) is 0 Å². The van der Waals surface area contributed by atoms with Crippen LogP contribution >= 0.6 is 0 Å². The molecule has 0 saturated carbocycles. The van der Waals surface area contributed by atoms with Gasteiger partial charge >= 0.3 is 5.97 Å². The van der Waals surface area contributed by atoms with E-state index in [0.717, 1.165) is 38.9 Å². The van der Waals surface area contributed by atoms with Crippen molar-refractivity contribution in [2.24, 2.45) is 0 Å². The van der Waals surface area contributed by atoms with E-state index in [1.807, 2.05) is 0 Å². The molecule has 4 nitrogen and oxygen atoms in total. The standard InChI is InChI=1S/C17H26N2O2/c1-3-14-4-6-15(7-5-14)8-10-19-11-9-17(2,13-19)18-12-16(20)21/h4-7,18H,3,8-13H2,1-2H3,(H,20,21)/t17-/m1/s1. The summed E-state index contributed by atoms with van der Waals surface area (Å²) >= 11 is 0. The van der Waals surface area contributed by atoms with Gasteiger partial charge in [0.25, 0.3) is 0 Å². The van der Waals surface area contributed by atoms with Crippen LogP contribution in [0.4, 0.5) is 0 Å². The van der Waals surface area contributed by atoms with Gasteiger partial charge in [-0.3, -0.25) is 4.79 Å². The molecule has 1 fully saturated rings. The molecule has 4 heteroatoms. The number of aryl methyl sites for hydroxylation is 1. The van der Waals surface area contributed by atoms with Crippen molar-refractivity contribution < 1.29 is 9.90 Å². The minimum Gasteiger partial charge on any atom is -0.480 e. The van der Waals surface area contributed by atoms with E-state index in [4.69, 9.17) is 5.11 Å². The first-order valence-corrected chi connectivity index (χ1v) is 7.78. The third-order valence-electron chi connectivity index (χ3n) is 4.37. The Morgan fingerprint density at radius 1 is 1.33 bits per heavy atom. The van der Waals surface area contributed by atoms with E-state index in [1.54, 1.807) is 0 Å².